The lowest BCUT2D eigenvalue weighted by atomic mass is 10.2. The Morgan fingerprint density at radius 2 is 1.81 bits per heavy atom. The molecule has 1 fully saturated rings. The number of amides is 3. The molecule has 0 spiro atoms. The quantitative estimate of drug-likeness (QED) is 0.719. The van der Waals surface area contributed by atoms with Crippen molar-refractivity contribution >= 4 is 29.5 Å². The number of hydrogen-bond acceptors (Lipinski definition) is 5. The number of benzene rings is 1. The van der Waals surface area contributed by atoms with E-state index in [0.29, 0.717) is 63.1 Å². The summed E-state index contributed by atoms with van der Waals surface area (Å²) in [4.78, 5) is 42.7. The summed E-state index contributed by atoms with van der Waals surface area (Å²) < 4.78 is 6.60. The minimum absolute atomic E-state index is 0.162. The third-order valence-corrected chi connectivity index (χ3v) is 5.68. The number of rotatable bonds is 4. The number of carbonyl (C=O) groups is 3. The van der Waals surface area contributed by atoms with E-state index in [4.69, 9.17) is 16.3 Å². The van der Waals surface area contributed by atoms with Crippen LogP contribution in [-0.4, -0.2) is 81.7 Å². The molecule has 0 saturated carbocycles. The van der Waals surface area contributed by atoms with Gasteiger partial charge in [-0.3, -0.25) is 14.3 Å². The SMILES string of the molecule is CCOC(=O)N1CCN(C(=O)c2cc3n(n2)CCN(Cc2cccc(Cl)c2)C3=O)CC1. The van der Waals surface area contributed by atoms with E-state index < -0.39 is 0 Å². The van der Waals surface area contributed by atoms with Crippen molar-refractivity contribution in [3.8, 4) is 0 Å². The number of nitrogens with zero attached hydrogens (tertiary/aromatic N) is 5. The lowest BCUT2D eigenvalue weighted by Crippen LogP contribution is -2.50. The average molecular weight is 446 g/mol. The molecule has 10 heteroatoms. The van der Waals surface area contributed by atoms with E-state index >= 15 is 0 Å². The van der Waals surface area contributed by atoms with Gasteiger partial charge in [-0.2, -0.15) is 5.10 Å². The topological polar surface area (TPSA) is 88.0 Å². The first kappa shape index (κ1) is 21.2. The number of aromatic nitrogens is 2. The summed E-state index contributed by atoms with van der Waals surface area (Å²) in [6.45, 7) is 5.16. The maximum Gasteiger partial charge on any atom is 0.409 e. The van der Waals surface area contributed by atoms with Gasteiger partial charge in [0.05, 0.1) is 13.2 Å². The Balaban J connectivity index is 1.41. The fourth-order valence-corrected chi connectivity index (χ4v) is 4.03. The molecule has 3 heterocycles. The fraction of sp³-hybridized carbons (Fsp3) is 0.429. The monoisotopic (exact) mass is 445 g/mol. The van der Waals surface area contributed by atoms with E-state index in [-0.39, 0.29) is 23.6 Å². The molecule has 1 aromatic carbocycles. The Morgan fingerprint density at radius 3 is 2.52 bits per heavy atom. The Bertz CT molecular complexity index is 999. The molecule has 2 aliphatic rings. The lowest BCUT2D eigenvalue weighted by Gasteiger charge is -2.33. The van der Waals surface area contributed by atoms with E-state index in [1.807, 2.05) is 18.2 Å². The van der Waals surface area contributed by atoms with Gasteiger partial charge < -0.3 is 19.4 Å². The van der Waals surface area contributed by atoms with Gasteiger partial charge in [0.25, 0.3) is 11.8 Å². The average Bonchev–Trinajstić information content (AvgIpc) is 3.21. The van der Waals surface area contributed by atoms with Gasteiger partial charge in [0, 0.05) is 50.4 Å². The zero-order chi connectivity index (χ0) is 22.0. The van der Waals surface area contributed by atoms with E-state index in [1.54, 1.807) is 38.4 Å². The maximum absolute atomic E-state index is 12.9. The highest BCUT2D eigenvalue weighted by Crippen LogP contribution is 2.19. The molecule has 0 atom stereocenters. The molecule has 2 aromatic rings. The van der Waals surface area contributed by atoms with Crippen LogP contribution in [0.5, 0.6) is 0 Å². The van der Waals surface area contributed by atoms with Crippen LogP contribution in [0.1, 0.15) is 33.5 Å². The van der Waals surface area contributed by atoms with Crippen molar-refractivity contribution in [2.45, 2.75) is 20.0 Å². The Kier molecular flexibility index (Phi) is 6.13. The summed E-state index contributed by atoms with van der Waals surface area (Å²) in [6, 6.07) is 8.98. The molecular weight excluding hydrogens is 422 g/mol. The van der Waals surface area contributed by atoms with Crippen LogP contribution in [0, 0.1) is 0 Å². The molecule has 0 aliphatic carbocycles. The molecule has 1 saturated heterocycles. The highest BCUT2D eigenvalue weighted by Gasteiger charge is 2.31. The van der Waals surface area contributed by atoms with Crippen LogP contribution in [0.4, 0.5) is 4.79 Å². The molecule has 164 valence electrons. The highest BCUT2D eigenvalue weighted by molar-refractivity contribution is 6.30. The van der Waals surface area contributed by atoms with Gasteiger partial charge >= 0.3 is 6.09 Å². The van der Waals surface area contributed by atoms with Gasteiger partial charge in [-0.25, -0.2) is 4.79 Å². The molecule has 9 nitrogen and oxygen atoms in total. The van der Waals surface area contributed by atoms with E-state index in [9.17, 15) is 14.4 Å². The van der Waals surface area contributed by atoms with E-state index in [1.165, 1.54) is 0 Å². The van der Waals surface area contributed by atoms with Crippen molar-refractivity contribution in [3.63, 3.8) is 0 Å². The minimum atomic E-state index is -0.363. The zero-order valence-electron chi connectivity index (χ0n) is 17.3. The van der Waals surface area contributed by atoms with Gasteiger partial charge in [0.1, 0.15) is 5.69 Å². The van der Waals surface area contributed by atoms with Crippen molar-refractivity contribution < 1.29 is 19.1 Å². The highest BCUT2D eigenvalue weighted by atomic mass is 35.5. The largest absolute Gasteiger partial charge is 0.450 e. The summed E-state index contributed by atoms with van der Waals surface area (Å²) >= 11 is 6.05. The molecule has 0 radical (unpaired) electrons. The van der Waals surface area contributed by atoms with Gasteiger partial charge in [0.15, 0.2) is 5.69 Å². The summed E-state index contributed by atoms with van der Waals surface area (Å²) in [5.74, 6) is -0.399. The Hall–Kier alpha value is -3.07. The molecule has 0 unspecified atom stereocenters. The molecule has 0 N–H and O–H groups in total. The van der Waals surface area contributed by atoms with Crippen LogP contribution < -0.4 is 0 Å². The summed E-state index contributed by atoms with van der Waals surface area (Å²) in [7, 11) is 0. The number of hydrogen-bond donors (Lipinski definition) is 0. The second-order valence-corrected chi connectivity index (χ2v) is 7.91. The van der Waals surface area contributed by atoms with E-state index in [2.05, 4.69) is 5.10 Å². The zero-order valence-corrected chi connectivity index (χ0v) is 18.0. The normalized spacial score (nSPS) is 16.3. The number of fused-ring (bicyclic) bond motifs is 1. The first-order valence-corrected chi connectivity index (χ1v) is 10.7. The smallest absolute Gasteiger partial charge is 0.409 e. The van der Waals surface area contributed by atoms with Gasteiger partial charge in [0.2, 0.25) is 0 Å². The van der Waals surface area contributed by atoms with Crippen molar-refractivity contribution in [3.05, 3.63) is 52.3 Å². The standard InChI is InChI=1S/C21H24ClN5O4/c1-2-31-21(30)25-8-6-24(7-9-25)19(28)17-13-18-20(29)26(10-11-27(18)23-17)14-15-4-3-5-16(22)12-15/h3-5,12-13H,2,6-11,14H2,1H3. The van der Waals surface area contributed by atoms with Crippen molar-refractivity contribution in [1.29, 1.82) is 0 Å². The molecule has 1 aromatic heterocycles. The molecular formula is C21H24ClN5O4. The first-order valence-electron chi connectivity index (χ1n) is 10.3. The van der Waals surface area contributed by atoms with Crippen molar-refractivity contribution in [2.75, 3.05) is 39.3 Å². The Labute approximate surface area is 185 Å². The first-order chi connectivity index (χ1) is 15.0. The summed E-state index contributed by atoms with van der Waals surface area (Å²) in [5.41, 5.74) is 1.60. The van der Waals surface area contributed by atoms with Crippen molar-refractivity contribution in [2.24, 2.45) is 0 Å². The molecule has 2 aliphatic heterocycles. The number of halogens is 1. The summed E-state index contributed by atoms with van der Waals surface area (Å²) in [5, 5.41) is 4.99. The molecule has 31 heavy (non-hydrogen) atoms. The number of carbonyl (C=O) groups excluding carboxylic acids is 3. The van der Waals surface area contributed by atoms with Gasteiger partial charge in [-0.05, 0) is 24.6 Å². The van der Waals surface area contributed by atoms with Crippen LogP contribution in [0.15, 0.2) is 30.3 Å². The maximum atomic E-state index is 12.9. The minimum Gasteiger partial charge on any atom is -0.450 e. The summed E-state index contributed by atoms with van der Waals surface area (Å²) in [6.07, 6.45) is -0.363. The lowest BCUT2D eigenvalue weighted by molar-refractivity contribution is 0.0564. The van der Waals surface area contributed by atoms with Crippen molar-refractivity contribution in [1.82, 2.24) is 24.5 Å². The van der Waals surface area contributed by atoms with Crippen LogP contribution >= 0.6 is 11.6 Å². The second-order valence-electron chi connectivity index (χ2n) is 7.47. The number of ether oxygens (including phenoxy) is 1. The third kappa shape index (κ3) is 4.51. The predicted octanol–water partition coefficient (Wildman–Crippen LogP) is 2.11. The Morgan fingerprint density at radius 1 is 1.06 bits per heavy atom. The molecule has 4 rings (SSSR count). The predicted molar refractivity (Wildman–Crippen MR) is 113 cm³/mol. The van der Waals surface area contributed by atoms with Crippen LogP contribution in [0.3, 0.4) is 0 Å². The van der Waals surface area contributed by atoms with E-state index in [0.717, 1.165) is 5.56 Å². The second kappa shape index (κ2) is 8.97. The van der Waals surface area contributed by atoms with Gasteiger partial charge in [-0.1, -0.05) is 23.7 Å². The molecule has 3 amide bonds. The van der Waals surface area contributed by atoms with Crippen LogP contribution in [0.2, 0.25) is 5.02 Å². The van der Waals surface area contributed by atoms with Gasteiger partial charge in [-0.15, -0.1) is 0 Å². The van der Waals surface area contributed by atoms with Crippen LogP contribution in [0.25, 0.3) is 0 Å². The molecule has 0 bridgehead atoms. The fourth-order valence-electron chi connectivity index (χ4n) is 3.82. The third-order valence-electron chi connectivity index (χ3n) is 5.44. The van der Waals surface area contributed by atoms with Crippen LogP contribution in [-0.2, 0) is 17.8 Å². The number of piperazine rings is 1.